The molecule has 9 heteroatoms. The van der Waals surface area contributed by atoms with E-state index in [-0.39, 0.29) is 10.6 Å². The van der Waals surface area contributed by atoms with Gasteiger partial charge in [0.1, 0.15) is 0 Å². The molecule has 0 saturated heterocycles. The number of hydrogen-bond acceptors (Lipinski definition) is 4. The number of benzene rings is 1. The number of halogens is 3. The van der Waals surface area contributed by atoms with Gasteiger partial charge in [0.25, 0.3) is 5.69 Å². The third kappa shape index (κ3) is 2.82. The van der Waals surface area contributed by atoms with Crippen LogP contribution in [0.4, 0.5) is 5.69 Å². The van der Waals surface area contributed by atoms with Crippen molar-refractivity contribution in [3.05, 3.63) is 34.4 Å². The number of nitro groups is 1. The van der Waals surface area contributed by atoms with Crippen LogP contribution in [0, 0.1) is 10.1 Å². The molecular formula is C7H4Br3NO4S. The average molecular weight is 438 g/mol. The standard InChI is InChI=1S/C7H4Br3NO4S/c8-7(9,10)16(14,15)6-3-1-5(2-4-6)11(12)13/h1-4H. The minimum absolute atomic E-state index is 0.0382. The van der Waals surface area contributed by atoms with Crippen LogP contribution < -0.4 is 0 Å². The molecule has 1 rings (SSSR count). The number of alkyl halides is 3. The SMILES string of the molecule is O=[N+]([O-])c1ccc(S(=O)(=O)C(Br)(Br)Br)cc1. The summed E-state index contributed by atoms with van der Waals surface area (Å²) in [5.74, 6) is 0. The van der Waals surface area contributed by atoms with E-state index in [1.54, 1.807) is 0 Å². The van der Waals surface area contributed by atoms with Gasteiger partial charge >= 0.3 is 0 Å². The highest BCUT2D eigenvalue weighted by Crippen LogP contribution is 2.43. The summed E-state index contributed by atoms with van der Waals surface area (Å²) in [7, 11) is -3.69. The zero-order valence-corrected chi connectivity index (χ0v) is 13.0. The maximum absolute atomic E-state index is 11.8. The van der Waals surface area contributed by atoms with Crippen LogP contribution in [0.2, 0.25) is 0 Å². The first-order valence-electron chi connectivity index (χ1n) is 3.72. The molecule has 5 nitrogen and oxygen atoms in total. The molecule has 0 aliphatic heterocycles. The summed E-state index contributed by atoms with van der Waals surface area (Å²) in [5.41, 5.74) is -0.164. The first-order chi connectivity index (χ1) is 7.16. The predicted octanol–water partition coefficient (Wildman–Crippen LogP) is 3.16. The fourth-order valence-corrected chi connectivity index (χ4v) is 3.32. The third-order valence-electron chi connectivity index (χ3n) is 1.66. The molecule has 0 heterocycles. The number of rotatable bonds is 2. The second kappa shape index (κ2) is 4.71. The fourth-order valence-electron chi connectivity index (χ4n) is 0.881. The summed E-state index contributed by atoms with van der Waals surface area (Å²) in [6, 6.07) is 4.61. The highest BCUT2D eigenvalue weighted by molar-refractivity contribution is 9.42. The molecule has 0 aromatic heterocycles. The predicted molar refractivity (Wildman–Crippen MR) is 69.8 cm³/mol. The summed E-state index contributed by atoms with van der Waals surface area (Å²) in [6.45, 7) is 0. The molecule has 1 aromatic carbocycles. The van der Waals surface area contributed by atoms with Crippen molar-refractivity contribution in [3.63, 3.8) is 0 Å². The van der Waals surface area contributed by atoms with E-state index in [1.807, 2.05) is 0 Å². The van der Waals surface area contributed by atoms with Gasteiger partial charge in [-0.3, -0.25) is 10.1 Å². The monoisotopic (exact) mass is 435 g/mol. The largest absolute Gasteiger partial charge is 0.269 e. The van der Waals surface area contributed by atoms with Crippen molar-refractivity contribution in [3.8, 4) is 0 Å². The van der Waals surface area contributed by atoms with Gasteiger partial charge in [0.05, 0.1) is 9.82 Å². The highest BCUT2D eigenvalue weighted by atomic mass is 80.0. The molecule has 0 unspecified atom stereocenters. The Morgan fingerprint density at radius 1 is 1.12 bits per heavy atom. The van der Waals surface area contributed by atoms with Crippen LogP contribution in [0.15, 0.2) is 29.2 Å². The number of nitro benzene ring substituents is 1. The molecule has 0 aliphatic rings. The molecule has 0 N–H and O–H groups in total. The molecule has 1 aromatic rings. The minimum atomic E-state index is -3.69. The van der Waals surface area contributed by atoms with Gasteiger partial charge in [-0.1, -0.05) is 0 Å². The van der Waals surface area contributed by atoms with Crippen molar-refractivity contribution < 1.29 is 13.3 Å². The Morgan fingerprint density at radius 2 is 1.56 bits per heavy atom. The summed E-state index contributed by atoms with van der Waals surface area (Å²) < 4.78 is 22.2. The Balaban J connectivity index is 3.23. The van der Waals surface area contributed by atoms with E-state index >= 15 is 0 Å². The molecule has 0 fully saturated rings. The molecule has 0 bridgehead atoms. The van der Waals surface area contributed by atoms with Gasteiger partial charge in [0.15, 0.2) is 0 Å². The molecule has 16 heavy (non-hydrogen) atoms. The lowest BCUT2D eigenvalue weighted by molar-refractivity contribution is -0.384. The minimum Gasteiger partial charge on any atom is -0.258 e. The third-order valence-corrected chi connectivity index (χ3v) is 7.00. The molecule has 0 saturated carbocycles. The normalized spacial score (nSPS) is 12.4. The summed E-state index contributed by atoms with van der Waals surface area (Å²) in [5, 5.41) is 10.4. The summed E-state index contributed by atoms with van der Waals surface area (Å²) in [6.07, 6.45) is 0. The van der Waals surface area contributed by atoms with E-state index in [2.05, 4.69) is 47.8 Å². The van der Waals surface area contributed by atoms with Crippen LogP contribution in [-0.2, 0) is 9.84 Å². The quantitative estimate of drug-likeness (QED) is 0.404. The molecule has 0 radical (unpaired) electrons. The van der Waals surface area contributed by atoms with Gasteiger partial charge in [0.2, 0.25) is 11.3 Å². The molecule has 0 atom stereocenters. The Labute approximate surface area is 117 Å². The molecule has 0 amide bonds. The highest BCUT2D eigenvalue weighted by Gasteiger charge is 2.37. The average Bonchev–Trinajstić information content (AvgIpc) is 2.16. The number of hydrogen-bond donors (Lipinski definition) is 0. The molecular weight excluding hydrogens is 434 g/mol. The van der Waals surface area contributed by atoms with Gasteiger partial charge in [-0.25, -0.2) is 8.42 Å². The summed E-state index contributed by atoms with van der Waals surface area (Å²) >= 11 is 8.69. The van der Waals surface area contributed by atoms with Gasteiger partial charge in [-0.15, -0.1) is 0 Å². The van der Waals surface area contributed by atoms with Gasteiger partial charge in [0, 0.05) is 12.1 Å². The Morgan fingerprint density at radius 3 is 1.88 bits per heavy atom. The van der Waals surface area contributed by atoms with E-state index < -0.39 is 16.2 Å². The first-order valence-corrected chi connectivity index (χ1v) is 7.58. The maximum atomic E-state index is 11.8. The van der Waals surface area contributed by atoms with Crippen LogP contribution in [0.1, 0.15) is 0 Å². The van der Waals surface area contributed by atoms with Crippen molar-refractivity contribution in [1.82, 2.24) is 0 Å². The number of sulfone groups is 1. The Hall–Kier alpha value is 0.01000. The molecule has 0 spiro atoms. The van der Waals surface area contributed by atoms with Crippen LogP contribution >= 0.6 is 47.8 Å². The van der Waals surface area contributed by atoms with E-state index in [0.29, 0.717) is 0 Å². The first kappa shape index (κ1) is 14.1. The fraction of sp³-hybridized carbons (Fsp3) is 0.143. The van der Waals surface area contributed by atoms with Crippen molar-refractivity contribution in [2.75, 3.05) is 0 Å². The van der Waals surface area contributed by atoms with E-state index in [4.69, 9.17) is 0 Å². The van der Waals surface area contributed by atoms with Crippen molar-refractivity contribution >= 4 is 63.3 Å². The second-order valence-corrected chi connectivity index (χ2v) is 13.1. The number of nitrogens with zero attached hydrogens (tertiary/aromatic N) is 1. The Kier molecular flexibility index (Phi) is 4.14. The topological polar surface area (TPSA) is 77.3 Å². The van der Waals surface area contributed by atoms with E-state index in [9.17, 15) is 18.5 Å². The van der Waals surface area contributed by atoms with Crippen molar-refractivity contribution in [2.24, 2.45) is 0 Å². The summed E-state index contributed by atoms with van der Waals surface area (Å²) in [4.78, 5) is 9.75. The number of non-ortho nitro benzene ring substituents is 1. The van der Waals surface area contributed by atoms with Gasteiger partial charge in [-0.2, -0.15) is 0 Å². The maximum Gasteiger partial charge on any atom is 0.269 e. The van der Waals surface area contributed by atoms with Crippen LogP contribution in [-0.4, -0.2) is 14.8 Å². The lowest BCUT2D eigenvalue weighted by Gasteiger charge is -2.12. The van der Waals surface area contributed by atoms with Gasteiger partial charge < -0.3 is 0 Å². The van der Waals surface area contributed by atoms with Crippen molar-refractivity contribution in [2.45, 2.75) is 6.37 Å². The van der Waals surface area contributed by atoms with Crippen LogP contribution in [0.25, 0.3) is 0 Å². The lowest BCUT2D eigenvalue weighted by Crippen LogP contribution is -2.17. The zero-order chi connectivity index (χ0) is 12.6. The van der Waals surface area contributed by atoms with Gasteiger partial charge in [-0.05, 0) is 59.9 Å². The Bertz CT molecular complexity index is 505. The van der Waals surface area contributed by atoms with E-state index in [0.717, 1.165) is 12.1 Å². The van der Waals surface area contributed by atoms with Crippen LogP contribution in [0.3, 0.4) is 0 Å². The molecule has 0 aliphatic carbocycles. The lowest BCUT2D eigenvalue weighted by atomic mass is 10.3. The van der Waals surface area contributed by atoms with E-state index in [1.165, 1.54) is 12.1 Å². The smallest absolute Gasteiger partial charge is 0.258 e. The zero-order valence-electron chi connectivity index (χ0n) is 7.43. The van der Waals surface area contributed by atoms with Crippen LogP contribution in [0.5, 0.6) is 0 Å². The molecule has 88 valence electrons. The van der Waals surface area contributed by atoms with Crippen molar-refractivity contribution in [1.29, 1.82) is 0 Å². The second-order valence-electron chi connectivity index (χ2n) is 2.70.